The molecule has 1 atom stereocenters. The lowest BCUT2D eigenvalue weighted by atomic mass is 9.77. The summed E-state index contributed by atoms with van der Waals surface area (Å²) < 4.78 is 0. The highest BCUT2D eigenvalue weighted by molar-refractivity contribution is 5.92. The Hall–Kier alpha value is -1.07. The molecule has 0 bridgehead atoms. The van der Waals surface area contributed by atoms with E-state index in [0.717, 1.165) is 6.54 Å². The van der Waals surface area contributed by atoms with Crippen molar-refractivity contribution in [2.45, 2.75) is 32.7 Å². The van der Waals surface area contributed by atoms with Crippen molar-refractivity contribution in [1.82, 2.24) is 20.8 Å². The maximum atomic E-state index is 11.7. The molecule has 5 nitrogen and oxygen atoms in total. The Balaban J connectivity index is 0.00000162. The molecule has 3 N–H and O–H groups in total. The van der Waals surface area contributed by atoms with Crippen LogP contribution in [0.3, 0.4) is 0 Å². The van der Waals surface area contributed by atoms with Crippen LogP contribution in [0, 0.1) is 5.41 Å². The predicted molar refractivity (Wildman–Crippen MR) is 73.0 cm³/mol. The number of carbonyl (C=O) groups is 1. The molecule has 0 spiro atoms. The lowest BCUT2D eigenvalue weighted by molar-refractivity contribution is 0.0924. The number of hydrogen-bond acceptors (Lipinski definition) is 3. The first kappa shape index (κ1) is 15.0. The molecule has 18 heavy (non-hydrogen) atoms. The standard InChI is InChI=1S/C12H20N4O.ClH/c1-12(2)5-3-6-13-10(12)8-14-11(17)9-4-7-15-16-9;/h4,7,10,13H,3,5-6,8H2,1-2H3,(H,14,17)(H,15,16);1H. The summed E-state index contributed by atoms with van der Waals surface area (Å²) in [5.74, 6) is -0.0920. The van der Waals surface area contributed by atoms with Crippen molar-refractivity contribution in [2.75, 3.05) is 13.1 Å². The highest BCUT2D eigenvalue weighted by Crippen LogP contribution is 2.29. The third-order valence-electron chi connectivity index (χ3n) is 3.54. The monoisotopic (exact) mass is 272 g/mol. The van der Waals surface area contributed by atoms with Gasteiger partial charge < -0.3 is 10.6 Å². The van der Waals surface area contributed by atoms with Crippen LogP contribution in [-0.2, 0) is 0 Å². The SMILES string of the molecule is CC1(C)CCCNC1CNC(=O)c1ccn[nH]1.Cl. The molecule has 1 saturated heterocycles. The average molecular weight is 273 g/mol. The van der Waals surface area contributed by atoms with Gasteiger partial charge in [0.05, 0.1) is 0 Å². The van der Waals surface area contributed by atoms with E-state index in [9.17, 15) is 4.79 Å². The maximum Gasteiger partial charge on any atom is 0.269 e. The van der Waals surface area contributed by atoms with E-state index in [-0.39, 0.29) is 23.7 Å². The number of halogens is 1. The van der Waals surface area contributed by atoms with Crippen LogP contribution in [0.2, 0.25) is 0 Å². The number of amides is 1. The zero-order valence-corrected chi connectivity index (χ0v) is 11.6. The van der Waals surface area contributed by atoms with Crippen LogP contribution in [0.1, 0.15) is 37.2 Å². The zero-order chi connectivity index (χ0) is 12.3. The molecule has 6 heteroatoms. The van der Waals surface area contributed by atoms with Gasteiger partial charge in [0.2, 0.25) is 0 Å². The van der Waals surface area contributed by atoms with E-state index in [1.807, 2.05) is 0 Å². The fourth-order valence-electron chi connectivity index (χ4n) is 2.29. The third-order valence-corrected chi connectivity index (χ3v) is 3.54. The highest BCUT2D eigenvalue weighted by atomic mass is 35.5. The highest BCUT2D eigenvalue weighted by Gasteiger charge is 2.31. The summed E-state index contributed by atoms with van der Waals surface area (Å²) in [6, 6.07) is 2.01. The van der Waals surface area contributed by atoms with Crippen molar-refractivity contribution in [1.29, 1.82) is 0 Å². The number of aromatic amines is 1. The summed E-state index contributed by atoms with van der Waals surface area (Å²) in [6.45, 7) is 6.18. The van der Waals surface area contributed by atoms with Crippen LogP contribution in [0.25, 0.3) is 0 Å². The summed E-state index contributed by atoms with van der Waals surface area (Å²) in [5, 5.41) is 12.8. The van der Waals surface area contributed by atoms with Crippen LogP contribution >= 0.6 is 12.4 Å². The first-order valence-corrected chi connectivity index (χ1v) is 6.10. The second kappa shape index (κ2) is 6.20. The lowest BCUT2D eigenvalue weighted by Gasteiger charge is -2.39. The van der Waals surface area contributed by atoms with E-state index in [1.54, 1.807) is 12.3 Å². The summed E-state index contributed by atoms with van der Waals surface area (Å²) in [7, 11) is 0. The van der Waals surface area contributed by atoms with Crippen molar-refractivity contribution >= 4 is 18.3 Å². The molecule has 1 aromatic rings. The van der Waals surface area contributed by atoms with Gasteiger partial charge in [-0.3, -0.25) is 9.89 Å². The molecule has 1 fully saturated rings. The van der Waals surface area contributed by atoms with E-state index < -0.39 is 0 Å². The fraction of sp³-hybridized carbons (Fsp3) is 0.667. The van der Waals surface area contributed by atoms with Crippen LogP contribution in [0.5, 0.6) is 0 Å². The van der Waals surface area contributed by atoms with Gasteiger partial charge in [-0.25, -0.2) is 0 Å². The van der Waals surface area contributed by atoms with E-state index in [2.05, 4.69) is 34.7 Å². The number of hydrogen-bond donors (Lipinski definition) is 3. The Bertz CT molecular complexity index is 377. The van der Waals surface area contributed by atoms with Gasteiger partial charge in [-0.2, -0.15) is 5.10 Å². The van der Waals surface area contributed by atoms with Crippen LogP contribution in [-0.4, -0.2) is 35.2 Å². The Morgan fingerprint density at radius 2 is 2.39 bits per heavy atom. The van der Waals surface area contributed by atoms with Crippen LogP contribution < -0.4 is 10.6 Å². The molecular formula is C12H21ClN4O. The molecule has 1 unspecified atom stereocenters. The Morgan fingerprint density at radius 1 is 1.61 bits per heavy atom. The molecule has 0 radical (unpaired) electrons. The number of rotatable bonds is 3. The minimum atomic E-state index is -0.0920. The molecule has 1 aliphatic heterocycles. The largest absolute Gasteiger partial charge is 0.349 e. The summed E-state index contributed by atoms with van der Waals surface area (Å²) >= 11 is 0. The first-order chi connectivity index (χ1) is 8.09. The molecule has 0 saturated carbocycles. The topological polar surface area (TPSA) is 69.8 Å². The van der Waals surface area contributed by atoms with E-state index in [4.69, 9.17) is 0 Å². The van der Waals surface area contributed by atoms with Gasteiger partial charge in [-0.15, -0.1) is 12.4 Å². The maximum absolute atomic E-state index is 11.7. The third kappa shape index (κ3) is 3.46. The van der Waals surface area contributed by atoms with Crippen molar-refractivity contribution in [3.05, 3.63) is 18.0 Å². The molecule has 2 heterocycles. The molecule has 0 aliphatic carbocycles. The quantitative estimate of drug-likeness (QED) is 0.778. The molecule has 1 amide bonds. The Labute approximate surface area is 114 Å². The van der Waals surface area contributed by atoms with Gasteiger partial charge >= 0.3 is 0 Å². The normalized spacial score (nSPS) is 22.0. The molecule has 102 valence electrons. The van der Waals surface area contributed by atoms with Gasteiger partial charge in [-0.05, 0) is 30.9 Å². The lowest BCUT2D eigenvalue weighted by Crippen LogP contribution is -2.52. The number of piperidine rings is 1. The van der Waals surface area contributed by atoms with Crippen LogP contribution in [0.4, 0.5) is 0 Å². The van der Waals surface area contributed by atoms with Gasteiger partial charge in [-0.1, -0.05) is 13.8 Å². The second-order valence-electron chi connectivity index (χ2n) is 5.28. The molecule has 2 rings (SSSR count). The predicted octanol–water partition coefficient (Wildman–Crippen LogP) is 1.34. The summed E-state index contributed by atoms with van der Waals surface area (Å²) in [5.41, 5.74) is 0.748. The van der Waals surface area contributed by atoms with Crippen molar-refractivity contribution < 1.29 is 4.79 Å². The Kier molecular flexibility index (Phi) is 5.16. The molecular weight excluding hydrogens is 252 g/mol. The van der Waals surface area contributed by atoms with E-state index >= 15 is 0 Å². The number of nitrogens with one attached hydrogen (secondary N) is 3. The number of H-pyrrole nitrogens is 1. The van der Waals surface area contributed by atoms with Crippen LogP contribution in [0.15, 0.2) is 12.3 Å². The molecule has 1 aromatic heterocycles. The van der Waals surface area contributed by atoms with Crippen molar-refractivity contribution in [3.8, 4) is 0 Å². The number of nitrogens with zero attached hydrogens (tertiary/aromatic N) is 1. The van der Waals surface area contributed by atoms with Crippen molar-refractivity contribution in [3.63, 3.8) is 0 Å². The molecule has 1 aliphatic rings. The zero-order valence-electron chi connectivity index (χ0n) is 10.8. The summed E-state index contributed by atoms with van der Waals surface area (Å²) in [6.07, 6.45) is 3.99. The second-order valence-corrected chi connectivity index (χ2v) is 5.28. The molecule has 0 aromatic carbocycles. The van der Waals surface area contributed by atoms with Gasteiger partial charge in [0.1, 0.15) is 5.69 Å². The minimum Gasteiger partial charge on any atom is -0.349 e. The van der Waals surface area contributed by atoms with Crippen molar-refractivity contribution in [2.24, 2.45) is 5.41 Å². The fourth-order valence-corrected chi connectivity index (χ4v) is 2.29. The average Bonchev–Trinajstić information content (AvgIpc) is 2.80. The van der Waals surface area contributed by atoms with Gasteiger partial charge in [0.15, 0.2) is 0 Å². The first-order valence-electron chi connectivity index (χ1n) is 6.10. The smallest absolute Gasteiger partial charge is 0.269 e. The van der Waals surface area contributed by atoms with Gasteiger partial charge in [0, 0.05) is 18.8 Å². The number of aromatic nitrogens is 2. The summed E-state index contributed by atoms with van der Waals surface area (Å²) in [4.78, 5) is 11.7. The van der Waals surface area contributed by atoms with E-state index in [1.165, 1.54) is 12.8 Å². The van der Waals surface area contributed by atoms with Gasteiger partial charge in [0.25, 0.3) is 5.91 Å². The minimum absolute atomic E-state index is 0. The Morgan fingerprint density at radius 3 is 3.00 bits per heavy atom. The number of carbonyl (C=O) groups excluding carboxylic acids is 1. The van der Waals surface area contributed by atoms with E-state index in [0.29, 0.717) is 18.3 Å².